The van der Waals surface area contributed by atoms with Gasteiger partial charge < -0.3 is 19.9 Å². The molecule has 7 heteroatoms. The average molecular weight is 326 g/mol. The molecular formula is C12H8BrNO5. The molecule has 0 spiro atoms. The minimum absolute atomic E-state index is 0.234. The van der Waals surface area contributed by atoms with Crippen LogP contribution in [0, 0.1) is 0 Å². The number of anilines is 1. The lowest BCUT2D eigenvalue weighted by molar-refractivity contribution is 0.0693. The molecule has 3 N–H and O–H groups in total. The van der Waals surface area contributed by atoms with Gasteiger partial charge in [-0.3, -0.25) is 4.79 Å². The summed E-state index contributed by atoms with van der Waals surface area (Å²) in [6.45, 7) is 0. The molecule has 0 aliphatic rings. The van der Waals surface area contributed by atoms with Gasteiger partial charge in [0.15, 0.2) is 4.67 Å². The predicted molar refractivity (Wildman–Crippen MR) is 69.4 cm³/mol. The number of hydrogen-bond donors (Lipinski definition) is 3. The van der Waals surface area contributed by atoms with Crippen LogP contribution in [0.4, 0.5) is 5.69 Å². The van der Waals surface area contributed by atoms with Gasteiger partial charge in [-0.1, -0.05) is 0 Å². The Hall–Kier alpha value is -2.28. The van der Waals surface area contributed by atoms with Crippen LogP contribution in [-0.4, -0.2) is 22.1 Å². The number of aromatic hydroxyl groups is 1. The maximum absolute atomic E-state index is 11.8. The summed E-state index contributed by atoms with van der Waals surface area (Å²) in [4.78, 5) is 22.5. The lowest BCUT2D eigenvalue weighted by Gasteiger charge is -2.06. The molecule has 0 saturated heterocycles. The fourth-order valence-corrected chi connectivity index (χ4v) is 1.86. The average Bonchev–Trinajstić information content (AvgIpc) is 2.75. The van der Waals surface area contributed by atoms with Gasteiger partial charge in [-0.2, -0.15) is 0 Å². The normalized spacial score (nSPS) is 10.2. The number of halogens is 1. The predicted octanol–water partition coefficient (Wildman–Crippen LogP) is 2.70. The molecule has 1 amide bonds. The number of amides is 1. The third kappa shape index (κ3) is 2.76. The van der Waals surface area contributed by atoms with E-state index in [1.165, 1.54) is 24.5 Å². The highest BCUT2D eigenvalue weighted by Gasteiger charge is 2.14. The molecule has 6 nitrogen and oxygen atoms in total. The first-order chi connectivity index (χ1) is 8.99. The van der Waals surface area contributed by atoms with Gasteiger partial charge >= 0.3 is 5.97 Å². The number of hydrogen-bond acceptors (Lipinski definition) is 4. The van der Waals surface area contributed by atoms with Crippen molar-refractivity contribution in [1.29, 1.82) is 0 Å². The highest BCUT2D eigenvalue weighted by atomic mass is 79.9. The summed E-state index contributed by atoms with van der Waals surface area (Å²) in [5.41, 5.74) is 0.338. The molecule has 0 atom stereocenters. The Morgan fingerprint density at radius 3 is 2.47 bits per heavy atom. The number of carbonyl (C=O) groups is 2. The van der Waals surface area contributed by atoms with Gasteiger partial charge in [0, 0.05) is 11.8 Å². The first-order valence-electron chi connectivity index (χ1n) is 5.09. The molecule has 1 aromatic heterocycles. The summed E-state index contributed by atoms with van der Waals surface area (Å²) in [5, 5.41) is 20.8. The third-order valence-corrected chi connectivity index (χ3v) is 2.96. The molecule has 19 heavy (non-hydrogen) atoms. The first-order valence-corrected chi connectivity index (χ1v) is 5.89. The van der Waals surface area contributed by atoms with E-state index in [1.54, 1.807) is 0 Å². The summed E-state index contributed by atoms with van der Waals surface area (Å²) < 4.78 is 5.21. The first kappa shape index (κ1) is 13.2. The van der Waals surface area contributed by atoms with Crippen LogP contribution in [-0.2, 0) is 0 Å². The lowest BCUT2D eigenvalue weighted by atomic mass is 10.2. The van der Waals surface area contributed by atoms with E-state index >= 15 is 0 Å². The standard InChI is InChI=1S/C12H8BrNO5/c13-10-8(3-4-19-10)11(16)14-6-1-2-7(12(17)18)9(15)5-6/h1-5,15H,(H,14,16)(H,17,18). The van der Waals surface area contributed by atoms with E-state index < -0.39 is 17.6 Å². The van der Waals surface area contributed by atoms with Crippen LogP contribution < -0.4 is 5.32 Å². The number of carboxylic acid groups (broad SMARTS) is 1. The van der Waals surface area contributed by atoms with E-state index in [2.05, 4.69) is 21.2 Å². The third-order valence-electron chi connectivity index (χ3n) is 2.35. The molecule has 0 radical (unpaired) electrons. The zero-order valence-corrected chi connectivity index (χ0v) is 11.0. The van der Waals surface area contributed by atoms with Gasteiger partial charge in [-0.05, 0) is 34.1 Å². The molecule has 98 valence electrons. The fraction of sp³-hybridized carbons (Fsp3) is 0. The number of aromatic carboxylic acids is 1. The van der Waals surface area contributed by atoms with Crippen molar-refractivity contribution in [2.75, 3.05) is 5.32 Å². The molecule has 0 aliphatic heterocycles. The molecule has 0 bridgehead atoms. The van der Waals surface area contributed by atoms with Crippen molar-refractivity contribution in [2.45, 2.75) is 0 Å². The van der Waals surface area contributed by atoms with Gasteiger partial charge in [0.05, 0.1) is 11.8 Å². The van der Waals surface area contributed by atoms with Crippen molar-refractivity contribution in [3.8, 4) is 5.75 Å². The fourth-order valence-electron chi connectivity index (χ4n) is 1.44. The van der Waals surface area contributed by atoms with E-state index in [4.69, 9.17) is 9.52 Å². The molecule has 1 aromatic carbocycles. The molecule has 2 aromatic rings. The molecule has 0 unspecified atom stereocenters. The van der Waals surface area contributed by atoms with Gasteiger partial charge in [0.1, 0.15) is 11.3 Å². The van der Waals surface area contributed by atoms with Crippen molar-refractivity contribution in [1.82, 2.24) is 0 Å². The van der Waals surface area contributed by atoms with Gasteiger partial charge in [0.2, 0.25) is 0 Å². The summed E-state index contributed by atoms with van der Waals surface area (Å²) in [6.07, 6.45) is 1.35. The smallest absolute Gasteiger partial charge is 0.339 e. The van der Waals surface area contributed by atoms with Crippen molar-refractivity contribution < 1.29 is 24.2 Å². The topological polar surface area (TPSA) is 99.8 Å². The minimum Gasteiger partial charge on any atom is -0.507 e. The van der Waals surface area contributed by atoms with Crippen LogP contribution in [0.2, 0.25) is 0 Å². The zero-order chi connectivity index (χ0) is 14.0. The Bertz CT molecular complexity index is 649. The number of nitrogens with one attached hydrogen (secondary N) is 1. The Morgan fingerprint density at radius 2 is 1.95 bits per heavy atom. The largest absolute Gasteiger partial charge is 0.507 e. The maximum atomic E-state index is 11.8. The van der Waals surface area contributed by atoms with Crippen LogP contribution >= 0.6 is 15.9 Å². The molecule has 0 fully saturated rings. The molecular weight excluding hydrogens is 318 g/mol. The number of benzene rings is 1. The summed E-state index contributed by atoms with van der Waals surface area (Å²) in [5.74, 6) is -2.10. The zero-order valence-electron chi connectivity index (χ0n) is 9.38. The number of carboxylic acids is 1. The summed E-state index contributed by atoms with van der Waals surface area (Å²) in [7, 11) is 0. The second-order valence-corrected chi connectivity index (χ2v) is 4.32. The van der Waals surface area contributed by atoms with E-state index in [0.29, 0.717) is 5.56 Å². The summed E-state index contributed by atoms with van der Waals surface area (Å²) in [6, 6.07) is 5.23. The second kappa shape index (κ2) is 5.15. The second-order valence-electron chi connectivity index (χ2n) is 3.60. The highest BCUT2D eigenvalue weighted by Crippen LogP contribution is 2.24. The van der Waals surface area contributed by atoms with Gasteiger partial charge in [-0.25, -0.2) is 4.79 Å². The lowest BCUT2D eigenvalue weighted by Crippen LogP contribution is -2.11. The van der Waals surface area contributed by atoms with Crippen LogP contribution in [0.25, 0.3) is 0 Å². The van der Waals surface area contributed by atoms with Crippen molar-refractivity contribution in [2.24, 2.45) is 0 Å². The van der Waals surface area contributed by atoms with Crippen LogP contribution in [0.3, 0.4) is 0 Å². The van der Waals surface area contributed by atoms with E-state index in [1.807, 2.05) is 0 Å². The quantitative estimate of drug-likeness (QED) is 0.805. The van der Waals surface area contributed by atoms with Crippen molar-refractivity contribution in [3.63, 3.8) is 0 Å². The Morgan fingerprint density at radius 1 is 1.21 bits per heavy atom. The molecule has 2 rings (SSSR count). The van der Waals surface area contributed by atoms with Gasteiger partial charge in [0.25, 0.3) is 5.91 Å². The van der Waals surface area contributed by atoms with E-state index in [0.717, 1.165) is 6.07 Å². The number of rotatable bonds is 3. The molecule has 1 heterocycles. The summed E-state index contributed by atoms with van der Waals surface area (Å²) >= 11 is 3.07. The highest BCUT2D eigenvalue weighted by molar-refractivity contribution is 9.10. The maximum Gasteiger partial charge on any atom is 0.339 e. The SMILES string of the molecule is O=C(O)c1ccc(NC(=O)c2ccoc2Br)cc1O. The van der Waals surface area contributed by atoms with Gasteiger partial charge in [-0.15, -0.1) is 0 Å². The monoisotopic (exact) mass is 325 g/mol. The number of furan rings is 1. The van der Waals surface area contributed by atoms with Crippen LogP contribution in [0.15, 0.2) is 39.6 Å². The van der Waals surface area contributed by atoms with Crippen molar-refractivity contribution in [3.05, 3.63) is 46.3 Å². The molecule has 0 saturated carbocycles. The number of carbonyl (C=O) groups excluding carboxylic acids is 1. The number of phenols is 1. The van der Waals surface area contributed by atoms with Crippen LogP contribution in [0.1, 0.15) is 20.7 Å². The van der Waals surface area contributed by atoms with E-state index in [9.17, 15) is 14.7 Å². The van der Waals surface area contributed by atoms with Crippen LogP contribution in [0.5, 0.6) is 5.75 Å². The Labute approximate surface area is 115 Å². The minimum atomic E-state index is -1.24. The van der Waals surface area contributed by atoms with Crippen molar-refractivity contribution >= 4 is 33.5 Å². The molecule has 0 aliphatic carbocycles. The van der Waals surface area contributed by atoms with E-state index in [-0.39, 0.29) is 15.9 Å². The Balaban J connectivity index is 2.21. The Kier molecular flexibility index (Phi) is 3.57.